The number of aromatic nitrogens is 3. The van der Waals surface area contributed by atoms with Gasteiger partial charge in [-0.1, -0.05) is 0 Å². The monoisotopic (exact) mass is 383 g/mol. The topological polar surface area (TPSA) is 138 Å². The van der Waals surface area contributed by atoms with Crippen molar-refractivity contribution in [2.24, 2.45) is 0 Å². The second-order valence-electron chi connectivity index (χ2n) is 4.97. The third-order valence-corrected chi connectivity index (χ3v) is 3.90. The Balaban J connectivity index is 1.86. The minimum absolute atomic E-state index is 0.0365. The molecule has 140 valence electrons. The Hall–Kier alpha value is -3.02. The predicted molar refractivity (Wildman–Crippen MR) is 91.1 cm³/mol. The normalized spacial score (nSPS) is 10.4. The summed E-state index contributed by atoms with van der Waals surface area (Å²) in [6, 6.07) is 0. The number of aryl methyl sites for hydroxylation is 1. The number of ether oxygens (including phenoxy) is 2. The van der Waals surface area contributed by atoms with Crippen LogP contribution in [0.3, 0.4) is 0 Å². The molecule has 2 aromatic rings. The number of methoxy groups -OCH3 is 1. The van der Waals surface area contributed by atoms with E-state index in [0.29, 0.717) is 17.4 Å². The molecule has 0 unspecified atom stereocenters. The molecule has 26 heavy (non-hydrogen) atoms. The van der Waals surface area contributed by atoms with E-state index in [1.165, 1.54) is 29.3 Å². The number of carbonyl (C=O) groups is 2. The molecule has 0 saturated heterocycles. The van der Waals surface area contributed by atoms with Gasteiger partial charge in [0.15, 0.2) is 5.13 Å². The lowest BCUT2D eigenvalue weighted by molar-refractivity contribution is -0.385. The van der Waals surface area contributed by atoms with Gasteiger partial charge in [0.25, 0.3) is 0 Å². The third-order valence-electron chi connectivity index (χ3n) is 3.10. The van der Waals surface area contributed by atoms with Gasteiger partial charge in [0.05, 0.1) is 37.3 Å². The lowest BCUT2D eigenvalue weighted by atomic mass is 10.3. The SMILES string of the molecule is CCOC(=O)Cc1csc(NC(=O)CCn2cc([N+](=O)[O-])c(OC)n2)n1. The maximum Gasteiger partial charge on any atom is 0.350 e. The second-order valence-corrected chi connectivity index (χ2v) is 5.83. The van der Waals surface area contributed by atoms with E-state index >= 15 is 0 Å². The van der Waals surface area contributed by atoms with Crippen LogP contribution in [0.25, 0.3) is 0 Å². The first-order valence-corrected chi connectivity index (χ1v) is 8.46. The van der Waals surface area contributed by atoms with Crippen molar-refractivity contribution in [3.63, 3.8) is 0 Å². The molecule has 0 aromatic carbocycles. The molecule has 0 atom stereocenters. The number of esters is 1. The van der Waals surface area contributed by atoms with Crippen molar-refractivity contribution in [2.75, 3.05) is 19.0 Å². The quantitative estimate of drug-likeness (QED) is 0.389. The predicted octanol–water partition coefficient (Wildman–Crippen LogP) is 1.39. The van der Waals surface area contributed by atoms with E-state index < -0.39 is 4.92 Å². The first kappa shape index (κ1) is 19.3. The fourth-order valence-electron chi connectivity index (χ4n) is 1.98. The minimum atomic E-state index is -0.608. The van der Waals surface area contributed by atoms with Crippen molar-refractivity contribution < 1.29 is 24.0 Å². The average molecular weight is 383 g/mol. The van der Waals surface area contributed by atoms with E-state index in [-0.39, 0.29) is 42.8 Å². The van der Waals surface area contributed by atoms with Crippen molar-refractivity contribution in [3.8, 4) is 5.88 Å². The van der Waals surface area contributed by atoms with E-state index in [4.69, 9.17) is 9.47 Å². The van der Waals surface area contributed by atoms with Crippen LogP contribution in [0, 0.1) is 10.1 Å². The summed E-state index contributed by atoms with van der Waals surface area (Å²) < 4.78 is 10.9. The highest BCUT2D eigenvalue weighted by Crippen LogP contribution is 2.24. The van der Waals surface area contributed by atoms with Gasteiger partial charge in [0, 0.05) is 11.8 Å². The molecular weight excluding hydrogens is 366 g/mol. The fraction of sp³-hybridized carbons (Fsp3) is 0.429. The first-order chi connectivity index (χ1) is 12.4. The van der Waals surface area contributed by atoms with E-state index in [1.807, 2.05) is 0 Å². The van der Waals surface area contributed by atoms with Crippen LogP contribution in [-0.4, -0.2) is 45.3 Å². The third kappa shape index (κ3) is 5.24. The number of carbonyl (C=O) groups excluding carboxylic acids is 2. The van der Waals surface area contributed by atoms with Gasteiger partial charge in [0.2, 0.25) is 5.91 Å². The van der Waals surface area contributed by atoms with Crippen LogP contribution < -0.4 is 10.1 Å². The summed E-state index contributed by atoms with van der Waals surface area (Å²) in [7, 11) is 1.28. The molecule has 11 nitrogen and oxygen atoms in total. The number of anilines is 1. The Morgan fingerprint density at radius 2 is 2.23 bits per heavy atom. The number of hydrogen-bond donors (Lipinski definition) is 1. The van der Waals surface area contributed by atoms with Gasteiger partial charge in [-0.15, -0.1) is 16.4 Å². The van der Waals surface area contributed by atoms with Crippen LogP contribution in [0.5, 0.6) is 5.88 Å². The van der Waals surface area contributed by atoms with E-state index in [1.54, 1.807) is 12.3 Å². The standard InChI is InChI=1S/C14H17N5O6S/c1-3-25-12(21)6-9-8-26-14(15-9)16-11(20)4-5-18-7-10(19(22)23)13(17-18)24-2/h7-8H,3-6H2,1-2H3,(H,15,16,20). The number of rotatable bonds is 9. The maximum absolute atomic E-state index is 12.0. The molecule has 0 aliphatic carbocycles. The smallest absolute Gasteiger partial charge is 0.350 e. The summed E-state index contributed by atoms with van der Waals surface area (Å²) in [5.74, 6) is -0.831. The number of thiazole rings is 1. The Morgan fingerprint density at radius 1 is 1.46 bits per heavy atom. The molecule has 12 heteroatoms. The molecule has 2 aromatic heterocycles. The molecule has 2 heterocycles. The Kier molecular flexibility index (Phi) is 6.60. The molecule has 0 bridgehead atoms. The van der Waals surface area contributed by atoms with Gasteiger partial charge >= 0.3 is 17.5 Å². The molecule has 0 saturated carbocycles. The van der Waals surface area contributed by atoms with E-state index in [9.17, 15) is 19.7 Å². The number of hydrogen-bond acceptors (Lipinski definition) is 9. The number of nitrogens with zero attached hydrogens (tertiary/aromatic N) is 4. The highest BCUT2D eigenvalue weighted by Gasteiger charge is 2.20. The van der Waals surface area contributed by atoms with Crippen LogP contribution in [0.15, 0.2) is 11.6 Å². The van der Waals surface area contributed by atoms with Crippen molar-refractivity contribution in [1.82, 2.24) is 14.8 Å². The molecule has 0 radical (unpaired) electrons. The van der Waals surface area contributed by atoms with Crippen LogP contribution in [0.1, 0.15) is 19.0 Å². The summed E-state index contributed by atoms with van der Waals surface area (Å²) in [5.41, 5.74) is 0.243. The zero-order valence-corrected chi connectivity index (χ0v) is 14.9. The van der Waals surface area contributed by atoms with Gasteiger partial charge in [-0.05, 0) is 6.92 Å². The van der Waals surface area contributed by atoms with E-state index in [0.717, 1.165) is 0 Å². The number of nitro groups is 1. The summed E-state index contributed by atoms with van der Waals surface area (Å²) in [4.78, 5) is 37.7. The van der Waals surface area contributed by atoms with Crippen molar-refractivity contribution in [2.45, 2.75) is 26.3 Å². The first-order valence-electron chi connectivity index (χ1n) is 7.58. The zero-order chi connectivity index (χ0) is 19.1. The number of amides is 1. The summed E-state index contributed by atoms with van der Waals surface area (Å²) in [5, 5.41) is 19.4. The van der Waals surface area contributed by atoms with Gasteiger partial charge in [0.1, 0.15) is 6.20 Å². The molecular formula is C14H17N5O6S. The fourth-order valence-corrected chi connectivity index (χ4v) is 2.71. The summed E-state index contributed by atoms with van der Waals surface area (Å²) in [6.45, 7) is 2.15. The molecule has 0 aliphatic rings. The average Bonchev–Trinajstić information content (AvgIpc) is 3.19. The lowest BCUT2D eigenvalue weighted by Crippen LogP contribution is -2.15. The summed E-state index contributed by atoms with van der Waals surface area (Å²) in [6.07, 6.45) is 1.28. The van der Waals surface area contributed by atoms with Crippen LogP contribution in [0.2, 0.25) is 0 Å². The van der Waals surface area contributed by atoms with Crippen molar-refractivity contribution >= 4 is 34.0 Å². The molecule has 2 rings (SSSR count). The maximum atomic E-state index is 12.0. The molecule has 0 fully saturated rings. The molecule has 0 aliphatic heterocycles. The zero-order valence-electron chi connectivity index (χ0n) is 14.1. The highest BCUT2D eigenvalue weighted by atomic mass is 32.1. The van der Waals surface area contributed by atoms with E-state index in [2.05, 4.69) is 15.4 Å². The van der Waals surface area contributed by atoms with Crippen molar-refractivity contribution in [1.29, 1.82) is 0 Å². The molecule has 1 N–H and O–H groups in total. The van der Waals surface area contributed by atoms with Gasteiger partial charge in [-0.25, -0.2) is 4.98 Å². The largest absolute Gasteiger partial charge is 0.475 e. The Bertz CT molecular complexity index is 802. The Morgan fingerprint density at radius 3 is 2.85 bits per heavy atom. The highest BCUT2D eigenvalue weighted by molar-refractivity contribution is 7.13. The summed E-state index contributed by atoms with van der Waals surface area (Å²) >= 11 is 1.19. The lowest BCUT2D eigenvalue weighted by Gasteiger charge is -2.02. The van der Waals surface area contributed by atoms with Crippen molar-refractivity contribution in [3.05, 3.63) is 27.4 Å². The Labute approximate surface area is 152 Å². The molecule has 0 spiro atoms. The minimum Gasteiger partial charge on any atom is -0.475 e. The van der Waals surface area contributed by atoms with Crippen LogP contribution in [-0.2, 0) is 27.3 Å². The van der Waals surface area contributed by atoms with Crippen LogP contribution >= 0.6 is 11.3 Å². The van der Waals surface area contributed by atoms with Gasteiger partial charge in [-0.2, -0.15) is 0 Å². The van der Waals surface area contributed by atoms with Gasteiger partial charge < -0.3 is 14.8 Å². The van der Waals surface area contributed by atoms with Crippen LogP contribution in [0.4, 0.5) is 10.8 Å². The number of nitrogens with one attached hydrogen (secondary N) is 1. The second kappa shape index (κ2) is 8.89. The molecule has 1 amide bonds. The van der Waals surface area contributed by atoms with Gasteiger partial charge in [-0.3, -0.25) is 24.4 Å².